The van der Waals surface area contributed by atoms with Crippen molar-refractivity contribution in [3.8, 4) is 0 Å². The molecule has 1 aromatic rings. The van der Waals surface area contributed by atoms with E-state index in [4.69, 9.17) is 9.47 Å². The van der Waals surface area contributed by atoms with Gasteiger partial charge in [-0.05, 0) is 18.6 Å². The van der Waals surface area contributed by atoms with Crippen LogP contribution in [0.25, 0.3) is 0 Å². The van der Waals surface area contributed by atoms with Crippen LogP contribution in [-0.4, -0.2) is 43.9 Å². The Bertz CT molecular complexity index is 750. The largest absolute Gasteiger partial charge is 1.00 e. The summed E-state index contributed by atoms with van der Waals surface area (Å²) in [5.41, 5.74) is 0.0356. The number of hydrogen-bond acceptors (Lipinski definition) is 7. The van der Waals surface area contributed by atoms with Crippen molar-refractivity contribution in [2.45, 2.75) is 71.1 Å². The maximum Gasteiger partial charge on any atom is 1.00 e. The zero-order chi connectivity index (χ0) is 22.2. The van der Waals surface area contributed by atoms with E-state index in [2.05, 4.69) is 6.92 Å². The molecule has 0 N–H and O–H groups in total. The molecule has 0 aliphatic rings. The molecule has 0 aliphatic carbocycles. The van der Waals surface area contributed by atoms with Gasteiger partial charge >= 0.3 is 41.5 Å². The van der Waals surface area contributed by atoms with Gasteiger partial charge in [0.15, 0.2) is 0 Å². The van der Waals surface area contributed by atoms with Gasteiger partial charge in [0.25, 0.3) is 0 Å². The minimum Gasteiger partial charge on any atom is -0.748 e. The fourth-order valence-corrected chi connectivity index (χ4v) is 3.27. The summed E-state index contributed by atoms with van der Waals surface area (Å²) < 4.78 is 41.8. The average molecular weight is 465 g/mol. The molecule has 170 valence electrons. The van der Waals surface area contributed by atoms with Crippen molar-refractivity contribution >= 4 is 22.1 Å². The number of carbonyl (C=O) groups excluding carboxylic acids is 2. The Kier molecular flexibility index (Phi) is 17.1. The van der Waals surface area contributed by atoms with Gasteiger partial charge in [0, 0.05) is 0 Å². The third-order valence-electron chi connectivity index (χ3n) is 4.66. The van der Waals surface area contributed by atoms with Crippen molar-refractivity contribution < 1.29 is 61.6 Å². The third-order valence-corrected chi connectivity index (χ3v) is 5.33. The molecular weight excluding hydrogens is 431 g/mol. The molecule has 0 bridgehead atoms. The molecule has 0 saturated carbocycles. The van der Waals surface area contributed by atoms with Crippen molar-refractivity contribution in [1.82, 2.24) is 0 Å². The first-order valence-corrected chi connectivity index (χ1v) is 12.3. The molecule has 0 spiro atoms. The Morgan fingerprint density at radius 3 is 1.65 bits per heavy atom. The Balaban J connectivity index is 0.00000900. The number of carbonyl (C=O) groups is 2. The molecule has 1 aromatic carbocycles. The van der Waals surface area contributed by atoms with Gasteiger partial charge in [0.1, 0.15) is 6.61 Å². The number of rotatable bonds is 16. The number of hydrogen-bond donors (Lipinski definition) is 0. The van der Waals surface area contributed by atoms with Gasteiger partial charge in [-0.1, -0.05) is 76.8 Å². The second-order valence-corrected chi connectivity index (χ2v) is 8.78. The van der Waals surface area contributed by atoms with E-state index in [-0.39, 0.29) is 47.3 Å². The predicted octanol–water partition coefficient (Wildman–Crippen LogP) is 1.47. The van der Waals surface area contributed by atoms with Crippen LogP contribution in [0.1, 0.15) is 91.8 Å². The molecular formula is C22H33NaO7S. The predicted molar refractivity (Wildman–Crippen MR) is 113 cm³/mol. The number of ether oxygens (including phenoxy) is 2. The van der Waals surface area contributed by atoms with Gasteiger partial charge in [-0.2, -0.15) is 0 Å². The molecule has 0 aliphatic heterocycles. The molecule has 0 fully saturated rings. The number of unbranched alkanes of at least 4 members (excludes halogenated alkanes) is 9. The average Bonchev–Trinajstić information content (AvgIpc) is 2.70. The topological polar surface area (TPSA) is 110 Å². The number of esters is 2. The fraction of sp³-hybridized carbons (Fsp3) is 0.636. The van der Waals surface area contributed by atoms with Crippen LogP contribution in [0.4, 0.5) is 0 Å². The van der Waals surface area contributed by atoms with Gasteiger partial charge in [0.05, 0.1) is 33.6 Å². The van der Waals surface area contributed by atoms with E-state index in [1.807, 2.05) is 0 Å². The summed E-state index contributed by atoms with van der Waals surface area (Å²) >= 11 is 0. The van der Waals surface area contributed by atoms with E-state index in [9.17, 15) is 22.6 Å². The minimum atomic E-state index is -4.48. The molecule has 0 unspecified atom stereocenters. The van der Waals surface area contributed by atoms with Crippen LogP contribution in [0.2, 0.25) is 0 Å². The van der Waals surface area contributed by atoms with Gasteiger partial charge in [-0.25, -0.2) is 18.0 Å². The molecule has 0 saturated heterocycles. The Hall–Kier alpha value is -0.930. The summed E-state index contributed by atoms with van der Waals surface area (Å²) in [5.74, 6) is -2.32. The van der Waals surface area contributed by atoms with E-state index >= 15 is 0 Å². The van der Waals surface area contributed by atoms with Crippen LogP contribution in [0.15, 0.2) is 24.3 Å². The maximum absolute atomic E-state index is 12.3. The summed E-state index contributed by atoms with van der Waals surface area (Å²) in [4.78, 5) is 24.4. The molecule has 0 atom stereocenters. The van der Waals surface area contributed by atoms with E-state index in [1.54, 1.807) is 12.1 Å². The molecule has 0 amide bonds. The van der Waals surface area contributed by atoms with Crippen LogP contribution in [0.3, 0.4) is 0 Å². The van der Waals surface area contributed by atoms with Crippen LogP contribution in [-0.2, 0) is 19.6 Å². The van der Waals surface area contributed by atoms with Crippen LogP contribution in [0.5, 0.6) is 0 Å². The van der Waals surface area contributed by atoms with Crippen LogP contribution < -0.4 is 29.6 Å². The van der Waals surface area contributed by atoms with Gasteiger partial charge in [-0.3, -0.25) is 0 Å². The van der Waals surface area contributed by atoms with Crippen LogP contribution in [0, 0.1) is 0 Å². The Morgan fingerprint density at radius 1 is 0.774 bits per heavy atom. The normalized spacial score (nSPS) is 10.9. The summed E-state index contributed by atoms with van der Waals surface area (Å²) in [7, 11) is -4.48. The second-order valence-electron chi connectivity index (χ2n) is 7.26. The fourth-order valence-electron chi connectivity index (χ4n) is 2.99. The molecule has 7 nitrogen and oxygen atoms in total. The molecule has 0 heterocycles. The Labute approximate surface area is 208 Å². The molecule has 0 aromatic heterocycles. The van der Waals surface area contributed by atoms with E-state index in [0.717, 1.165) is 19.3 Å². The smallest absolute Gasteiger partial charge is 0.748 e. The van der Waals surface area contributed by atoms with E-state index in [0.29, 0.717) is 0 Å². The summed E-state index contributed by atoms with van der Waals surface area (Å²) in [6, 6.07) is 5.99. The first kappa shape index (κ1) is 30.1. The van der Waals surface area contributed by atoms with Crippen molar-refractivity contribution in [1.29, 1.82) is 0 Å². The van der Waals surface area contributed by atoms with Gasteiger partial charge in [-0.15, -0.1) is 0 Å². The first-order chi connectivity index (χ1) is 14.3. The standard InChI is InChI=1S/C22H34O7S.Na/c1-2-3-4-5-6-7-8-9-10-13-16-28-21(23)19-14-11-12-15-20(19)22(24)29-17-18-30(25,26)27;/h11-12,14-15H,2-10,13,16-18H2,1H3,(H,25,26,27);/q;+1/p-1. The first-order valence-electron chi connectivity index (χ1n) is 10.7. The quantitative estimate of drug-likeness (QED) is 0.158. The minimum absolute atomic E-state index is 0. The molecule has 1 rings (SSSR count). The van der Waals surface area contributed by atoms with E-state index in [1.165, 1.54) is 57.1 Å². The van der Waals surface area contributed by atoms with E-state index < -0.39 is 34.4 Å². The van der Waals surface area contributed by atoms with Crippen molar-refractivity contribution in [3.63, 3.8) is 0 Å². The second kappa shape index (κ2) is 17.6. The van der Waals surface area contributed by atoms with Gasteiger partial charge in [0.2, 0.25) is 0 Å². The van der Waals surface area contributed by atoms with Crippen molar-refractivity contribution in [2.75, 3.05) is 19.0 Å². The summed E-state index contributed by atoms with van der Waals surface area (Å²) in [5, 5.41) is 0. The zero-order valence-corrected chi connectivity index (χ0v) is 21.6. The molecule has 31 heavy (non-hydrogen) atoms. The monoisotopic (exact) mass is 464 g/mol. The molecule has 0 radical (unpaired) electrons. The zero-order valence-electron chi connectivity index (χ0n) is 18.8. The van der Waals surface area contributed by atoms with Crippen LogP contribution >= 0.6 is 0 Å². The summed E-state index contributed by atoms with van der Waals surface area (Å²) in [6.45, 7) is 1.92. The maximum atomic E-state index is 12.3. The molecule has 9 heteroatoms. The van der Waals surface area contributed by atoms with Crippen molar-refractivity contribution in [3.05, 3.63) is 35.4 Å². The Morgan fingerprint density at radius 2 is 1.19 bits per heavy atom. The third kappa shape index (κ3) is 14.7. The number of benzene rings is 1. The van der Waals surface area contributed by atoms with Gasteiger partial charge < -0.3 is 14.0 Å². The SMILES string of the molecule is CCCCCCCCCCCCOC(=O)c1ccccc1C(=O)OCCS(=O)(=O)[O-].[Na+]. The summed E-state index contributed by atoms with van der Waals surface area (Å²) in [6.07, 6.45) is 11.8. The van der Waals surface area contributed by atoms with Crippen molar-refractivity contribution in [2.24, 2.45) is 0 Å².